The third-order valence-electron chi connectivity index (χ3n) is 4.17. The van der Waals surface area contributed by atoms with E-state index in [0.717, 1.165) is 0 Å². The van der Waals surface area contributed by atoms with Crippen LogP contribution in [0.4, 0.5) is 0 Å². The molecule has 0 saturated heterocycles. The molecule has 2 aromatic rings. The Morgan fingerprint density at radius 1 is 0.964 bits per heavy atom. The summed E-state index contributed by atoms with van der Waals surface area (Å²) in [6.45, 7) is 5.22. The van der Waals surface area contributed by atoms with Crippen LogP contribution in [0, 0.1) is 0 Å². The SMILES string of the molecule is COC(=O)c1ccc2c(c1)C(C(=O)OC(C)(C)C)c1cc(C(=O)O)ccc1O2. The number of benzene rings is 2. The molecule has 0 radical (unpaired) electrons. The Hall–Kier alpha value is -3.35. The predicted octanol–water partition coefficient (Wildman–Crippen LogP) is 3.75. The first-order valence-electron chi connectivity index (χ1n) is 8.61. The zero-order valence-electron chi connectivity index (χ0n) is 15.9. The lowest BCUT2D eigenvalue weighted by atomic mass is 9.86. The maximum absolute atomic E-state index is 13.0. The third-order valence-corrected chi connectivity index (χ3v) is 4.17. The lowest BCUT2D eigenvalue weighted by molar-refractivity contribution is -0.155. The van der Waals surface area contributed by atoms with Crippen LogP contribution in [0.3, 0.4) is 0 Å². The highest BCUT2D eigenvalue weighted by Gasteiger charge is 2.37. The first-order valence-corrected chi connectivity index (χ1v) is 8.61. The minimum atomic E-state index is -1.13. The number of methoxy groups -OCH3 is 1. The third kappa shape index (κ3) is 3.69. The van der Waals surface area contributed by atoms with E-state index in [2.05, 4.69) is 0 Å². The van der Waals surface area contributed by atoms with Crippen LogP contribution >= 0.6 is 0 Å². The van der Waals surface area contributed by atoms with Gasteiger partial charge in [0, 0.05) is 11.1 Å². The molecule has 28 heavy (non-hydrogen) atoms. The van der Waals surface area contributed by atoms with Crippen molar-refractivity contribution in [1.82, 2.24) is 0 Å². The standard InChI is InChI=1S/C21H20O7/c1-21(2,3)28-20(25)17-13-9-11(18(22)23)5-7-15(13)27-16-8-6-12(10-14(16)17)19(24)26-4/h5-10,17H,1-4H3,(H,22,23). The maximum Gasteiger partial charge on any atom is 0.337 e. The van der Waals surface area contributed by atoms with Crippen molar-refractivity contribution in [3.63, 3.8) is 0 Å². The molecule has 0 aliphatic carbocycles. The van der Waals surface area contributed by atoms with Gasteiger partial charge in [0.1, 0.15) is 23.0 Å². The Balaban J connectivity index is 2.18. The molecular weight excluding hydrogens is 364 g/mol. The van der Waals surface area contributed by atoms with Gasteiger partial charge in [0.2, 0.25) is 0 Å². The van der Waals surface area contributed by atoms with Crippen LogP contribution in [-0.2, 0) is 14.3 Å². The number of fused-ring (bicyclic) bond motifs is 2. The zero-order chi connectivity index (χ0) is 20.6. The van der Waals surface area contributed by atoms with Gasteiger partial charge in [-0.3, -0.25) is 4.79 Å². The summed E-state index contributed by atoms with van der Waals surface area (Å²) in [6, 6.07) is 8.92. The number of carboxylic acid groups (broad SMARTS) is 1. The maximum atomic E-state index is 13.0. The highest BCUT2D eigenvalue weighted by Crippen LogP contribution is 2.45. The Bertz CT molecular complexity index is 969. The van der Waals surface area contributed by atoms with Gasteiger partial charge in [-0.15, -0.1) is 0 Å². The van der Waals surface area contributed by atoms with Crippen molar-refractivity contribution in [2.45, 2.75) is 32.3 Å². The van der Waals surface area contributed by atoms with Crippen LogP contribution < -0.4 is 4.74 Å². The highest BCUT2D eigenvalue weighted by molar-refractivity contribution is 5.93. The van der Waals surface area contributed by atoms with Crippen molar-refractivity contribution < 1.29 is 33.7 Å². The molecule has 7 nitrogen and oxygen atoms in total. The van der Waals surface area contributed by atoms with Crippen LogP contribution in [0.1, 0.15) is 58.5 Å². The van der Waals surface area contributed by atoms with Gasteiger partial charge >= 0.3 is 17.9 Å². The Morgan fingerprint density at radius 2 is 1.50 bits per heavy atom. The molecule has 0 fully saturated rings. The molecule has 0 bridgehead atoms. The second kappa shape index (κ2) is 6.99. The smallest absolute Gasteiger partial charge is 0.337 e. The summed E-state index contributed by atoms with van der Waals surface area (Å²) in [4.78, 5) is 36.4. The van der Waals surface area contributed by atoms with E-state index in [9.17, 15) is 19.5 Å². The average molecular weight is 384 g/mol. The van der Waals surface area contributed by atoms with Gasteiger partial charge in [-0.25, -0.2) is 9.59 Å². The van der Waals surface area contributed by atoms with Crippen molar-refractivity contribution in [3.05, 3.63) is 58.7 Å². The Labute approximate surface area is 161 Å². The number of hydrogen-bond donors (Lipinski definition) is 1. The zero-order valence-corrected chi connectivity index (χ0v) is 15.9. The van der Waals surface area contributed by atoms with Crippen molar-refractivity contribution in [1.29, 1.82) is 0 Å². The molecule has 0 saturated carbocycles. The van der Waals surface area contributed by atoms with E-state index in [1.54, 1.807) is 26.8 Å². The summed E-state index contributed by atoms with van der Waals surface area (Å²) < 4.78 is 16.1. The van der Waals surface area contributed by atoms with E-state index in [1.807, 2.05) is 0 Å². The molecule has 1 heterocycles. The minimum absolute atomic E-state index is 0.0171. The van der Waals surface area contributed by atoms with Crippen LogP contribution in [0.25, 0.3) is 0 Å². The van der Waals surface area contributed by atoms with E-state index in [4.69, 9.17) is 14.2 Å². The molecule has 0 spiro atoms. The van der Waals surface area contributed by atoms with Gasteiger partial charge in [0.25, 0.3) is 0 Å². The summed E-state index contributed by atoms with van der Waals surface area (Å²) >= 11 is 0. The number of ether oxygens (including phenoxy) is 3. The lowest BCUT2D eigenvalue weighted by Gasteiger charge is -2.30. The molecule has 2 aromatic carbocycles. The van der Waals surface area contributed by atoms with Crippen molar-refractivity contribution >= 4 is 17.9 Å². The molecule has 1 aliphatic heterocycles. The van der Waals surface area contributed by atoms with Gasteiger partial charge in [-0.05, 0) is 57.2 Å². The number of carbonyl (C=O) groups is 3. The van der Waals surface area contributed by atoms with Crippen LogP contribution in [0.15, 0.2) is 36.4 Å². The van der Waals surface area contributed by atoms with E-state index < -0.39 is 29.4 Å². The fourth-order valence-corrected chi connectivity index (χ4v) is 3.01. The van der Waals surface area contributed by atoms with Gasteiger partial charge in [-0.2, -0.15) is 0 Å². The van der Waals surface area contributed by atoms with Gasteiger partial charge in [-0.1, -0.05) is 0 Å². The number of esters is 2. The lowest BCUT2D eigenvalue weighted by Crippen LogP contribution is -2.30. The number of carbonyl (C=O) groups excluding carboxylic acids is 2. The molecular formula is C21H20O7. The number of carboxylic acids is 1. The van der Waals surface area contributed by atoms with Gasteiger partial charge in [0.05, 0.1) is 18.2 Å². The average Bonchev–Trinajstić information content (AvgIpc) is 2.62. The quantitative estimate of drug-likeness (QED) is 0.805. The van der Waals surface area contributed by atoms with Crippen molar-refractivity contribution in [2.75, 3.05) is 7.11 Å². The monoisotopic (exact) mass is 384 g/mol. The van der Waals surface area contributed by atoms with E-state index in [1.165, 1.54) is 37.4 Å². The van der Waals surface area contributed by atoms with Crippen LogP contribution in [0.5, 0.6) is 11.5 Å². The predicted molar refractivity (Wildman–Crippen MR) is 98.9 cm³/mol. The van der Waals surface area contributed by atoms with E-state index in [-0.39, 0.29) is 11.1 Å². The molecule has 1 atom stereocenters. The van der Waals surface area contributed by atoms with Gasteiger partial charge < -0.3 is 19.3 Å². The second-order valence-corrected chi connectivity index (χ2v) is 7.37. The molecule has 0 amide bonds. The molecule has 7 heteroatoms. The fourth-order valence-electron chi connectivity index (χ4n) is 3.01. The molecule has 1 unspecified atom stereocenters. The van der Waals surface area contributed by atoms with Crippen LogP contribution in [0.2, 0.25) is 0 Å². The number of aromatic carboxylic acids is 1. The molecule has 1 N–H and O–H groups in total. The molecule has 0 aromatic heterocycles. The Morgan fingerprint density at radius 3 is 2.00 bits per heavy atom. The topological polar surface area (TPSA) is 99.1 Å². The Kier molecular flexibility index (Phi) is 4.85. The summed E-state index contributed by atoms with van der Waals surface area (Å²) in [6.07, 6.45) is 0. The first kappa shape index (κ1) is 19.4. The summed E-state index contributed by atoms with van der Waals surface area (Å²) in [7, 11) is 1.26. The summed E-state index contributed by atoms with van der Waals surface area (Å²) in [5.74, 6) is -2.45. The first-order chi connectivity index (χ1) is 13.1. The van der Waals surface area contributed by atoms with E-state index in [0.29, 0.717) is 22.6 Å². The number of rotatable bonds is 3. The largest absolute Gasteiger partial charge is 0.478 e. The highest BCUT2D eigenvalue weighted by atomic mass is 16.6. The summed E-state index contributed by atoms with van der Waals surface area (Å²) in [5.41, 5.74) is 0.288. The van der Waals surface area contributed by atoms with Crippen LogP contribution in [-0.4, -0.2) is 35.7 Å². The molecule has 3 rings (SSSR count). The molecule has 1 aliphatic rings. The normalized spacial score (nSPS) is 14.9. The second-order valence-electron chi connectivity index (χ2n) is 7.37. The minimum Gasteiger partial charge on any atom is -0.478 e. The van der Waals surface area contributed by atoms with Crippen molar-refractivity contribution in [3.8, 4) is 11.5 Å². The van der Waals surface area contributed by atoms with E-state index >= 15 is 0 Å². The van der Waals surface area contributed by atoms with Crippen molar-refractivity contribution in [2.24, 2.45) is 0 Å². The fraction of sp³-hybridized carbons (Fsp3) is 0.286. The summed E-state index contributed by atoms with van der Waals surface area (Å²) in [5, 5.41) is 9.32. The molecule has 146 valence electrons. The van der Waals surface area contributed by atoms with Gasteiger partial charge in [0.15, 0.2) is 0 Å². The number of hydrogen-bond acceptors (Lipinski definition) is 6.